The molecule has 0 heterocycles. The SMILES string of the molecule is CCC1CC2CCCC(C2)C1COCOC(=O)C(C)(CC(C)(C)C)C(C)(C)C. The molecular weight excluding hydrogens is 348 g/mol. The van der Waals surface area contributed by atoms with E-state index in [-0.39, 0.29) is 23.6 Å². The molecule has 28 heavy (non-hydrogen) atoms. The number of carbonyl (C=O) groups excluding carboxylic acids is 1. The summed E-state index contributed by atoms with van der Waals surface area (Å²) in [6.07, 6.45) is 8.97. The average Bonchev–Trinajstić information content (AvgIpc) is 2.57. The van der Waals surface area contributed by atoms with Gasteiger partial charge in [0, 0.05) is 0 Å². The zero-order chi connectivity index (χ0) is 21.2. The van der Waals surface area contributed by atoms with Gasteiger partial charge >= 0.3 is 5.97 Å². The van der Waals surface area contributed by atoms with Crippen LogP contribution in [0.15, 0.2) is 0 Å². The first-order chi connectivity index (χ1) is 12.9. The van der Waals surface area contributed by atoms with E-state index >= 15 is 0 Å². The summed E-state index contributed by atoms with van der Waals surface area (Å²) in [5, 5.41) is 0. The molecule has 2 aliphatic carbocycles. The van der Waals surface area contributed by atoms with Gasteiger partial charge in [0.25, 0.3) is 0 Å². The minimum absolute atomic E-state index is 0.0654. The predicted molar refractivity (Wildman–Crippen MR) is 116 cm³/mol. The highest BCUT2D eigenvalue weighted by atomic mass is 16.7. The number of fused-ring (bicyclic) bond motifs is 2. The van der Waals surface area contributed by atoms with E-state index < -0.39 is 5.41 Å². The third kappa shape index (κ3) is 5.74. The van der Waals surface area contributed by atoms with Crippen LogP contribution in [0.2, 0.25) is 0 Å². The van der Waals surface area contributed by atoms with Gasteiger partial charge in [-0.2, -0.15) is 0 Å². The van der Waals surface area contributed by atoms with Crippen molar-refractivity contribution in [1.82, 2.24) is 0 Å². The molecule has 5 atom stereocenters. The van der Waals surface area contributed by atoms with E-state index in [0.717, 1.165) is 30.8 Å². The Balaban J connectivity index is 1.89. The Morgan fingerprint density at radius 2 is 1.68 bits per heavy atom. The molecule has 0 aromatic rings. The fourth-order valence-corrected chi connectivity index (χ4v) is 5.81. The smallest absolute Gasteiger partial charge is 0.314 e. The lowest BCUT2D eigenvalue weighted by Gasteiger charge is -2.45. The summed E-state index contributed by atoms with van der Waals surface area (Å²) in [6.45, 7) is 18.2. The summed E-state index contributed by atoms with van der Waals surface area (Å²) in [4.78, 5) is 13.0. The lowest BCUT2D eigenvalue weighted by molar-refractivity contribution is -0.179. The molecule has 3 heteroatoms. The number of ether oxygens (including phenoxy) is 2. The van der Waals surface area contributed by atoms with Crippen LogP contribution in [0.4, 0.5) is 0 Å². The largest absolute Gasteiger partial charge is 0.438 e. The maximum Gasteiger partial charge on any atom is 0.314 e. The normalized spacial score (nSPS) is 30.6. The van der Waals surface area contributed by atoms with E-state index in [1.165, 1.54) is 38.5 Å². The Morgan fingerprint density at radius 1 is 1.00 bits per heavy atom. The molecule has 0 saturated heterocycles. The van der Waals surface area contributed by atoms with Gasteiger partial charge in [0.15, 0.2) is 6.79 Å². The molecule has 2 rings (SSSR count). The van der Waals surface area contributed by atoms with E-state index in [2.05, 4.69) is 55.4 Å². The zero-order valence-electron chi connectivity index (χ0n) is 19.9. The molecular formula is C25H46O3. The maximum absolute atomic E-state index is 13.0. The average molecular weight is 395 g/mol. The van der Waals surface area contributed by atoms with Crippen molar-refractivity contribution in [3.8, 4) is 0 Å². The molecule has 164 valence electrons. The third-order valence-corrected chi connectivity index (χ3v) is 7.77. The summed E-state index contributed by atoms with van der Waals surface area (Å²) in [5.74, 6) is 3.06. The van der Waals surface area contributed by atoms with Gasteiger partial charge in [0.2, 0.25) is 0 Å². The zero-order valence-corrected chi connectivity index (χ0v) is 19.9. The number of carbonyl (C=O) groups is 1. The topological polar surface area (TPSA) is 35.5 Å². The number of esters is 1. The van der Waals surface area contributed by atoms with Gasteiger partial charge in [-0.05, 0) is 60.7 Å². The Morgan fingerprint density at radius 3 is 2.25 bits per heavy atom. The highest BCUT2D eigenvalue weighted by Crippen LogP contribution is 2.48. The summed E-state index contributed by atoms with van der Waals surface area (Å²) >= 11 is 0. The van der Waals surface area contributed by atoms with Crippen molar-refractivity contribution < 1.29 is 14.3 Å². The van der Waals surface area contributed by atoms with Crippen LogP contribution in [0.25, 0.3) is 0 Å². The first-order valence-corrected chi connectivity index (χ1v) is 11.6. The van der Waals surface area contributed by atoms with E-state index in [1.54, 1.807) is 0 Å². The fourth-order valence-electron chi connectivity index (χ4n) is 5.81. The van der Waals surface area contributed by atoms with Crippen molar-refractivity contribution in [2.75, 3.05) is 13.4 Å². The second-order valence-electron chi connectivity index (χ2n) is 12.1. The van der Waals surface area contributed by atoms with Gasteiger partial charge in [-0.15, -0.1) is 0 Å². The first-order valence-electron chi connectivity index (χ1n) is 11.6. The van der Waals surface area contributed by atoms with Crippen LogP contribution in [0.3, 0.4) is 0 Å². The second-order valence-corrected chi connectivity index (χ2v) is 12.1. The third-order valence-electron chi connectivity index (χ3n) is 7.77. The predicted octanol–water partition coefficient (Wildman–Crippen LogP) is 6.84. The van der Waals surface area contributed by atoms with E-state index in [0.29, 0.717) is 5.92 Å². The second kappa shape index (κ2) is 9.06. The lowest BCUT2D eigenvalue weighted by atomic mass is 9.61. The molecule has 2 aliphatic rings. The van der Waals surface area contributed by atoms with Gasteiger partial charge in [-0.3, -0.25) is 4.79 Å². The van der Waals surface area contributed by atoms with Crippen molar-refractivity contribution >= 4 is 5.97 Å². The Labute approximate surface area is 174 Å². The highest BCUT2D eigenvalue weighted by molar-refractivity contribution is 5.77. The molecule has 0 aliphatic heterocycles. The summed E-state index contributed by atoms with van der Waals surface area (Å²) in [5.41, 5.74) is -0.622. The van der Waals surface area contributed by atoms with Crippen LogP contribution in [0.1, 0.15) is 100 Å². The monoisotopic (exact) mass is 394 g/mol. The van der Waals surface area contributed by atoms with Gasteiger partial charge in [-0.25, -0.2) is 0 Å². The van der Waals surface area contributed by atoms with Crippen LogP contribution < -0.4 is 0 Å². The Bertz CT molecular complexity index is 511. The molecule has 0 radical (unpaired) electrons. The van der Waals surface area contributed by atoms with Crippen LogP contribution in [0, 0.1) is 39.9 Å². The minimum atomic E-state index is -0.526. The van der Waals surface area contributed by atoms with E-state index in [4.69, 9.17) is 9.47 Å². The van der Waals surface area contributed by atoms with Crippen molar-refractivity contribution in [3.05, 3.63) is 0 Å². The van der Waals surface area contributed by atoms with Crippen LogP contribution in [-0.2, 0) is 14.3 Å². The van der Waals surface area contributed by atoms with Crippen LogP contribution >= 0.6 is 0 Å². The molecule has 0 aromatic carbocycles. The van der Waals surface area contributed by atoms with Gasteiger partial charge < -0.3 is 9.47 Å². The fraction of sp³-hybridized carbons (Fsp3) is 0.960. The molecule has 0 aromatic heterocycles. The molecule has 0 amide bonds. The lowest BCUT2D eigenvalue weighted by Crippen LogP contribution is -2.44. The van der Waals surface area contributed by atoms with Gasteiger partial charge in [0.1, 0.15) is 0 Å². The van der Waals surface area contributed by atoms with Crippen molar-refractivity contribution in [2.45, 2.75) is 100 Å². The van der Waals surface area contributed by atoms with E-state index in [1.807, 2.05) is 0 Å². The maximum atomic E-state index is 13.0. The van der Waals surface area contributed by atoms with Crippen molar-refractivity contribution in [1.29, 1.82) is 0 Å². The number of hydrogen-bond donors (Lipinski definition) is 0. The Kier molecular flexibility index (Phi) is 7.67. The molecule has 0 N–H and O–H groups in total. The minimum Gasteiger partial charge on any atom is -0.438 e. The number of hydrogen-bond acceptors (Lipinski definition) is 3. The molecule has 2 saturated carbocycles. The van der Waals surface area contributed by atoms with E-state index in [9.17, 15) is 4.79 Å². The summed E-state index contributed by atoms with van der Waals surface area (Å²) < 4.78 is 11.6. The molecule has 0 spiro atoms. The van der Waals surface area contributed by atoms with Gasteiger partial charge in [-0.1, -0.05) is 74.1 Å². The van der Waals surface area contributed by atoms with Crippen LogP contribution in [-0.4, -0.2) is 19.4 Å². The highest BCUT2D eigenvalue weighted by Gasteiger charge is 2.48. The molecule has 2 fully saturated rings. The molecule has 3 nitrogen and oxygen atoms in total. The van der Waals surface area contributed by atoms with Gasteiger partial charge in [0.05, 0.1) is 12.0 Å². The quantitative estimate of drug-likeness (QED) is 0.269. The summed E-state index contributed by atoms with van der Waals surface area (Å²) in [7, 11) is 0. The van der Waals surface area contributed by atoms with Crippen molar-refractivity contribution in [3.63, 3.8) is 0 Å². The first kappa shape index (κ1) is 23.7. The molecule has 2 bridgehead atoms. The van der Waals surface area contributed by atoms with Crippen molar-refractivity contribution in [2.24, 2.45) is 39.9 Å². The number of rotatable bonds is 7. The molecule has 5 unspecified atom stereocenters. The Hall–Kier alpha value is -0.570. The summed E-state index contributed by atoms with van der Waals surface area (Å²) in [6, 6.07) is 0. The standard InChI is InChI=1S/C25H46O3/c1-9-19-13-18-11-10-12-20(14-18)21(19)15-27-17-28-22(26)25(8,24(5,6)7)16-23(2,3)4/h18-21H,9-17H2,1-8H3. The van der Waals surface area contributed by atoms with Crippen LogP contribution in [0.5, 0.6) is 0 Å².